The van der Waals surface area contributed by atoms with E-state index in [0.29, 0.717) is 0 Å². The number of rotatable bonds is 5. The molecule has 1 unspecified atom stereocenters. The summed E-state index contributed by atoms with van der Waals surface area (Å²) in [6.45, 7) is 3.23. The Morgan fingerprint density at radius 2 is 1.41 bits per heavy atom. The van der Waals surface area contributed by atoms with Crippen LogP contribution >= 0.6 is 0 Å². The number of likely N-dealkylation sites (tertiary alicyclic amines) is 2. The zero-order chi connectivity index (χ0) is 20.1. The van der Waals surface area contributed by atoms with Crippen molar-refractivity contribution in [3.05, 3.63) is 66.2 Å². The average molecular weight is 392 g/mol. The minimum Gasteiger partial charge on any atom is -0.341 e. The molecule has 0 spiro atoms. The van der Waals surface area contributed by atoms with Gasteiger partial charge in [-0.1, -0.05) is 48.5 Å². The Hall–Kier alpha value is -2.66. The summed E-state index contributed by atoms with van der Waals surface area (Å²) in [4.78, 5) is 30.2. The molecule has 2 aromatic carbocycles. The summed E-state index contributed by atoms with van der Waals surface area (Å²) < 4.78 is 0. The summed E-state index contributed by atoms with van der Waals surface area (Å²) in [5, 5.41) is 3.02. The fraction of sp³-hybridized carbons (Fsp3) is 0.417. The lowest BCUT2D eigenvalue weighted by Crippen LogP contribution is -2.46. The van der Waals surface area contributed by atoms with E-state index in [9.17, 15) is 9.59 Å². The van der Waals surface area contributed by atoms with Gasteiger partial charge in [-0.3, -0.25) is 14.5 Å². The average Bonchev–Trinajstić information content (AvgIpc) is 3.31. The monoisotopic (exact) mass is 391 g/mol. The summed E-state index contributed by atoms with van der Waals surface area (Å²) in [5.41, 5.74) is 1.89. The van der Waals surface area contributed by atoms with Crippen molar-refractivity contribution in [1.82, 2.24) is 9.80 Å². The SMILES string of the molecule is O=C(Nc1ccccc1)C1CCN(C(C(=O)N2CCCC2)c2ccccc2)CC1. The van der Waals surface area contributed by atoms with Crippen LogP contribution in [0, 0.1) is 5.92 Å². The van der Waals surface area contributed by atoms with E-state index < -0.39 is 0 Å². The van der Waals surface area contributed by atoms with Crippen molar-refractivity contribution < 1.29 is 9.59 Å². The van der Waals surface area contributed by atoms with E-state index in [-0.39, 0.29) is 23.8 Å². The molecule has 0 bridgehead atoms. The van der Waals surface area contributed by atoms with Crippen molar-refractivity contribution in [1.29, 1.82) is 0 Å². The molecule has 4 rings (SSSR count). The number of benzene rings is 2. The van der Waals surface area contributed by atoms with Crippen molar-refractivity contribution in [2.24, 2.45) is 5.92 Å². The number of amides is 2. The highest BCUT2D eigenvalue weighted by molar-refractivity contribution is 5.92. The Bertz CT molecular complexity index is 811. The maximum absolute atomic E-state index is 13.3. The van der Waals surface area contributed by atoms with Gasteiger partial charge in [-0.15, -0.1) is 0 Å². The van der Waals surface area contributed by atoms with Crippen LogP contribution in [0.1, 0.15) is 37.3 Å². The second kappa shape index (κ2) is 9.23. The summed E-state index contributed by atoms with van der Waals surface area (Å²) in [6.07, 6.45) is 3.73. The number of hydrogen-bond acceptors (Lipinski definition) is 3. The van der Waals surface area contributed by atoms with Crippen LogP contribution in [0.5, 0.6) is 0 Å². The van der Waals surface area contributed by atoms with Gasteiger partial charge in [0, 0.05) is 24.7 Å². The lowest BCUT2D eigenvalue weighted by atomic mass is 9.93. The van der Waals surface area contributed by atoms with E-state index >= 15 is 0 Å². The smallest absolute Gasteiger partial charge is 0.244 e. The predicted molar refractivity (Wildman–Crippen MR) is 114 cm³/mol. The first-order valence-corrected chi connectivity index (χ1v) is 10.7. The first-order valence-electron chi connectivity index (χ1n) is 10.7. The first-order chi connectivity index (χ1) is 14.2. The lowest BCUT2D eigenvalue weighted by Gasteiger charge is -2.38. The summed E-state index contributed by atoms with van der Waals surface area (Å²) in [5.74, 6) is 0.281. The van der Waals surface area contributed by atoms with E-state index in [0.717, 1.165) is 63.1 Å². The second-order valence-electron chi connectivity index (χ2n) is 8.01. The number of carbonyl (C=O) groups is 2. The molecule has 5 nitrogen and oxygen atoms in total. The molecule has 2 amide bonds. The molecule has 2 heterocycles. The van der Waals surface area contributed by atoms with Gasteiger partial charge < -0.3 is 10.2 Å². The minimum absolute atomic E-state index is 0.00947. The predicted octanol–water partition coefficient (Wildman–Crippen LogP) is 3.70. The fourth-order valence-electron chi connectivity index (χ4n) is 4.44. The Morgan fingerprint density at radius 3 is 2.03 bits per heavy atom. The molecule has 152 valence electrons. The Balaban J connectivity index is 1.42. The molecule has 0 aromatic heterocycles. The van der Waals surface area contributed by atoms with Crippen LogP contribution in [0.25, 0.3) is 0 Å². The van der Waals surface area contributed by atoms with Crippen molar-refractivity contribution in [2.45, 2.75) is 31.7 Å². The third-order valence-corrected chi connectivity index (χ3v) is 6.07. The molecular weight excluding hydrogens is 362 g/mol. The topological polar surface area (TPSA) is 52.7 Å². The maximum atomic E-state index is 13.3. The number of nitrogens with zero attached hydrogens (tertiary/aromatic N) is 2. The third-order valence-electron chi connectivity index (χ3n) is 6.07. The normalized spacial score (nSPS) is 19.1. The Morgan fingerprint density at radius 1 is 0.828 bits per heavy atom. The van der Waals surface area contributed by atoms with Crippen LogP contribution in [0.3, 0.4) is 0 Å². The standard InChI is InChI=1S/C24H29N3O2/c28-23(25-21-11-5-2-6-12-21)20-13-17-26(18-14-20)22(19-9-3-1-4-10-19)24(29)27-15-7-8-16-27/h1-6,9-12,20,22H,7-8,13-18H2,(H,25,28). The Kier molecular flexibility index (Phi) is 6.25. The summed E-state index contributed by atoms with van der Waals surface area (Å²) >= 11 is 0. The van der Waals surface area contributed by atoms with Crippen molar-refractivity contribution in [3.8, 4) is 0 Å². The molecule has 0 saturated carbocycles. The van der Waals surface area contributed by atoms with Gasteiger partial charge in [-0.05, 0) is 56.5 Å². The van der Waals surface area contributed by atoms with Gasteiger partial charge in [0.1, 0.15) is 6.04 Å². The first kappa shape index (κ1) is 19.6. The van der Waals surface area contributed by atoms with E-state index in [1.807, 2.05) is 65.6 Å². The Labute approximate surface area is 172 Å². The number of para-hydroxylation sites is 1. The minimum atomic E-state index is -0.243. The van der Waals surface area contributed by atoms with E-state index in [2.05, 4.69) is 10.2 Å². The molecule has 2 aromatic rings. The molecular formula is C24H29N3O2. The van der Waals surface area contributed by atoms with E-state index in [1.54, 1.807) is 0 Å². The fourth-order valence-corrected chi connectivity index (χ4v) is 4.44. The molecule has 1 N–H and O–H groups in total. The number of carbonyl (C=O) groups excluding carboxylic acids is 2. The van der Waals surface area contributed by atoms with Gasteiger partial charge in [-0.2, -0.15) is 0 Å². The number of anilines is 1. The van der Waals surface area contributed by atoms with Gasteiger partial charge in [0.25, 0.3) is 0 Å². The summed E-state index contributed by atoms with van der Waals surface area (Å²) in [6, 6.07) is 19.4. The largest absolute Gasteiger partial charge is 0.341 e. The van der Waals surface area contributed by atoms with E-state index in [4.69, 9.17) is 0 Å². The van der Waals surface area contributed by atoms with Gasteiger partial charge in [0.05, 0.1) is 0 Å². The highest BCUT2D eigenvalue weighted by Gasteiger charge is 2.35. The third kappa shape index (κ3) is 4.67. The van der Waals surface area contributed by atoms with Crippen LogP contribution in [0.15, 0.2) is 60.7 Å². The highest BCUT2D eigenvalue weighted by atomic mass is 16.2. The molecule has 0 aliphatic carbocycles. The molecule has 2 aliphatic heterocycles. The molecule has 2 saturated heterocycles. The summed E-state index contributed by atoms with van der Waals surface area (Å²) in [7, 11) is 0. The molecule has 0 radical (unpaired) electrons. The molecule has 2 aliphatic rings. The highest BCUT2D eigenvalue weighted by Crippen LogP contribution is 2.30. The lowest BCUT2D eigenvalue weighted by molar-refractivity contribution is -0.137. The number of nitrogens with one attached hydrogen (secondary N) is 1. The van der Waals surface area contributed by atoms with Crippen LogP contribution in [-0.2, 0) is 9.59 Å². The second-order valence-corrected chi connectivity index (χ2v) is 8.01. The van der Waals surface area contributed by atoms with Crippen LogP contribution in [0.2, 0.25) is 0 Å². The molecule has 29 heavy (non-hydrogen) atoms. The molecule has 1 atom stereocenters. The van der Waals surface area contributed by atoms with Gasteiger partial charge in [-0.25, -0.2) is 0 Å². The quantitative estimate of drug-likeness (QED) is 0.846. The van der Waals surface area contributed by atoms with Gasteiger partial charge >= 0.3 is 0 Å². The maximum Gasteiger partial charge on any atom is 0.244 e. The molecule has 5 heteroatoms. The van der Waals surface area contributed by atoms with Crippen molar-refractivity contribution in [3.63, 3.8) is 0 Å². The van der Waals surface area contributed by atoms with E-state index in [1.165, 1.54) is 0 Å². The van der Waals surface area contributed by atoms with Crippen molar-refractivity contribution >= 4 is 17.5 Å². The van der Waals surface area contributed by atoms with Crippen LogP contribution < -0.4 is 5.32 Å². The zero-order valence-corrected chi connectivity index (χ0v) is 16.8. The zero-order valence-electron chi connectivity index (χ0n) is 16.8. The van der Waals surface area contributed by atoms with Crippen LogP contribution in [0.4, 0.5) is 5.69 Å². The molecule has 2 fully saturated rings. The van der Waals surface area contributed by atoms with Crippen molar-refractivity contribution in [2.75, 3.05) is 31.5 Å². The number of hydrogen-bond donors (Lipinski definition) is 1. The van der Waals surface area contributed by atoms with Crippen LogP contribution in [-0.4, -0.2) is 47.8 Å². The van der Waals surface area contributed by atoms with Gasteiger partial charge in [0.15, 0.2) is 0 Å². The van der Waals surface area contributed by atoms with Gasteiger partial charge in [0.2, 0.25) is 11.8 Å². The number of piperidine rings is 1.